The van der Waals surface area contributed by atoms with Crippen molar-refractivity contribution >= 4 is 17.6 Å². The van der Waals surface area contributed by atoms with Crippen molar-refractivity contribution in [1.82, 2.24) is 4.98 Å². The predicted molar refractivity (Wildman–Crippen MR) is 88.3 cm³/mol. The first-order valence-corrected chi connectivity index (χ1v) is 7.63. The van der Waals surface area contributed by atoms with Gasteiger partial charge in [0.1, 0.15) is 0 Å². The average Bonchev–Trinajstić information content (AvgIpc) is 2.60. The molecule has 2 aromatic rings. The Morgan fingerprint density at radius 1 is 1.04 bits per heavy atom. The van der Waals surface area contributed by atoms with Crippen LogP contribution in [0, 0.1) is 0 Å². The summed E-state index contributed by atoms with van der Waals surface area (Å²) >= 11 is 0. The van der Waals surface area contributed by atoms with Gasteiger partial charge in [-0.15, -0.1) is 0 Å². The molecule has 0 saturated carbocycles. The largest absolute Gasteiger partial charge is 0.452 e. The fourth-order valence-electron chi connectivity index (χ4n) is 2.28. The number of carbonyl (C=O) groups excluding carboxylic acids is 2. The number of hydrogen-bond donors (Lipinski definition) is 1. The Hall–Kier alpha value is -2.69. The van der Waals surface area contributed by atoms with Gasteiger partial charge in [0.2, 0.25) is 0 Å². The number of amides is 1. The lowest BCUT2D eigenvalue weighted by atomic mass is 10.0. The van der Waals surface area contributed by atoms with E-state index in [0.29, 0.717) is 5.56 Å². The molecule has 5 heteroatoms. The number of para-hydroxylation sites is 1. The molecule has 1 aromatic carbocycles. The summed E-state index contributed by atoms with van der Waals surface area (Å²) in [6.45, 7) is 3.75. The molecule has 5 nitrogen and oxygen atoms in total. The van der Waals surface area contributed by atoms with E-state index >= 15 is 0 Å². The summed E-state index contributed by atoms with van der Waals surface area (Å²) in [6.07, 6.45) is 4.64. The zero-order valence-electron chi connectivity index (χ0n) is 13.3. The van der Waals surface area contributed by atoms with E-state index in [4.69, 9.17) is 4.74 Å². The minimum absolute atomic E-state index is 0.317. The van der Waals surface area contributed by atoms with Crippen LogP contribution in [-0.2, 0) is 22.4 Å². The van der Waals surface area contributed by atoms with Gasteiger partial charge in [-0.2, -0.15) is 0 Å². The number of aryl methyl sites for hydroxylation is 2. The fraction of sp³-hybridized carbons (Fsp3) is 0.278. The van der Waals surface area contributed by atoms with Gasteiger partial charge in [-0.25, -0.2) is 4.79 Å². The zero-order chi connectivity index (χ0) is 16.7. The van der Waals surface area contributed by atoms with Crippen molar-refractivity contribution in [3.63, 3.8) is 0 Å². The first kappa shape index (κ1) is 16.7. The lowest BCUT2D eigenvalue weighted by Crippen LogP contribution is -2.22. The van der Waals surface area contributed by atoms with E-state index in [1.54, 1.807) is 12.1 Å². The minimum atomic E-state index is -0.540. The Kier molecular flexibility index (Phi) is 5.86. The molecule has 0 spiro atoms. The van der Waals surface area contributed by atoms with Crippen LogP contribution in [0.25, 0.3) is 0 Å². The molecule has 2 rings (SSSR count). The third-order valence-electron chi connectivity index (χ3n) is 3.51. The highest BCUT2D eigenvalue weighted by molar-refractivity contribution is 5.96. The Morgan fingerprint density at radius 2 is 1.65 bits per heavy atom. The molecule has 0 saturated heterocycles. The topological polar surface area (TPSA) is 68.3 Å². The number of nitrogens with one attached hydrogen (secondary N) is 1. The second-order valence-electron chi connectivity index (χ2n) is 5.02. The summed E-state index contributed by atoms with van der Waals surface area (Å²) in [7, 11) is 0. The third kappa shape index (κ3) is 4.39. The van der Waals surface area contributed by atoms with Crippen LogP contribution in [0.5, 0.6) is 0 Å². The number of benzene rings is 1. The Labute approximate surface area is 135 Å². The number of aromatic nitrogens is 1. The third-order valence-corrected chi connectivity index (χ3v) is 3.51. The molecular weight excluding hydrogens is 292 g/mol. The molecule has 0 aliphatic carbocycles. The van der Waals surface area contributed by atoms with Crippen LogP contribution in [0.3, 0.4) is 0 Å². The summed E-state index contributed by atoms with van der Waals surface area (Å²) in [5, 5.41) is 2.86. The van der Waals surface area contributed by atoms with Crippen molar-refractivity contribution in [2.75, 3.05) is 11.9 Å². The van der Waals surface area contributed by atoms with Gasteiger partial charge >= 0.3 is 5.97 Å². The maximum absolute atomic E-state index is 12.1. The molecule has 0 atom stereocenters. The summed E-state index contributed by atoms with van der Waals surface area (Å²) in [4.78, 5) is 27.7. The Bertz CT molecular complexity index is 662. The highest BCUT2D eigenvalue weighted by atomic mass is 16.5. The van der Waals surface area contributed by atoms with E-state index in [9.17, 15) is 9.59 Å². The maximum Gasteiger partial charge on any atom is 0.338 e. The molecule has 0 aliphatic rings. The van der Waals surface area contributed by atoms with Gasteiger partial charge < -0.3 is 10.1 Å². The van der Waals surface area contributed by atoms with Crippen molar-refractivity contribution in [1.29, 1.82) is 0 Å². The van der Waals surface area contributed by atoms with E-state index < -0.39 is 5.97 Å². The van der Waals surface area contributed by atoms with Gasteiger partial charge in [0.15, 0.2) is 6.61 Å². The van der Waals surface area contributed by atoms with Gasteiger partial charge in [0.25, 0.3) is 5.91 Å². The van der Waals surface area contributed by atoms with Gasteiger partial charge in [-0.3, -0.25) is 9.78 Å². The maximum atomic E-state index is 12.1. The van der Waals surface area contributed by atoms with Crippen LogP contribution in [0.2, 0.25) is 0 Å². The number of pyridine rings is 1. The second-order valence-corrected chi connectivity index (χ2v) is 5.02. The van der Waals surface area contributed by atoms with Crippen molar-refractivity contribution in [2.45, 2.75) is 26.7 Å². The number of hydrogen-bond acceptors (Lipinski definition) is 4. The van der Waals surface area contributed by atoms with Crippen LogP contribution in [0.15, 0.2) is 42.7 Å². The molecule has 23 heavy (non-hydrogen) atoms. The van der Waals surface area contributed by atoms with Gasteiger partial charge in [0, 0.05) is 18.1 Å². The average molecular weight is 312 g/mol. The van der Waals surface area contributed by atoms with Gasteiger partial charge in [0.05, 0.1) is 5.56 Å². The smallest absolute Gasteiger partial charge is 0.338 e. The lowest BCUT2D eigenvalue weighted by Gasteiger charge is -2.14. The number of ether oxygens (including phenoxy) is 1. The lowest BCUT2D eigenvalue weighted by molar-refractivity contribution is -0.119. The summed E-state index contributed by atoms with van der Waals surface area (Å²) in [5.74, 6) is -0.884. The predicted octanol–water partition coefficient (Wildman–Crippen LogP) is 3.00. The van der Waals surface area contributed by atoms with E-state index in [0.717, 1.165) is 29.7 Å². The first-order valence-electron chi connectivity index (χ1n) is 7.63. The first-order chi connectivity index (χ1) is 11.2. The van der Waals surface area contributed by atoms with Crippen LogP contribution < -0.4 is 5.32 Å². The monoisotopic (exact) mass is 312 g/mol. The minimum Gasteiger partial charge on any atom is -0.452 e. The van der Waals surface area contributed by atoms with Crippen LogP contribution in [0.4, 0.5) is 5.69 Å². The van der Waals surface area contributed by atoms with Crippen LogP contribution >= 0.6 is 0 Å². The van der Waals surface area contributed by atoms with Crippen LogP contribution in [0.1, 0.15) is 35.3 Å². The highest BCUT2D eigenvalue weighted by Crippen LogP contribution is 2.22. The number of nitrogens with zero attached hydrogens (tertiary/aromatic N) is 1. The molecule has 0 radical (unpaired) electrons. The normalized spacial score (nSPS) is 10.2. The van der Waals surface area contributed by atoms with Crippen molar-refractivity contribution in [2.24, 2.45) is 0 Å². The quantitative estimate of drug-likeness (QED) is 0.833. The Morgan fingerprint density at radius 3 is 2.22 bits per heavy atom. The molecule has 1 N–H and O–H groups in total. The molecule has 0 unspecified atom stereocenters. The number of rotatable bonds is 6. The summed E-state index contributed by atoms with van der Waals surface area (Å²) in [5.41, 5.74) is 3.33. The summed E-state index contributed by atoms with van der Waals surface area (Å²) < 4.78 is 5.03. The molecule has 0 bridgehead atoms. The molecule has 0 aliphatic heterocycles. The fourth-order valence-corrected chi connectivity index (χ4v) is 2.28. The molecule has 1 amide bonds. The molecule has 1 aromatic heterocycles. The van der Waals surface area contributed by atoms with E-state index in [1.165, 1.54) is 12.4 Å². The van der Waals surface area contributed by atoms with Gasteiger partial charge in [-0.05, 0) is 36.1 Å². The van der Waals surface area contributed by atoms with E-state index in [-0.39, 0.29) is 12.5 Å². The summed E-state index contributed by atoms with van der Waals surface area (Å²) in [6, 6.07) is 9.04. The number of carbonyl (C=O) groups is 2. The van der Waals surface area contributed by atoms with E-state index in [2.05, 4.69) is 10.3 Å². The van der Waals surface area contributed by atoms with Crippen molar-refractivity contribution < 1.29 is 14.3 Å². The van der Waals surface area contributed by atoms with Crippen LogP contribution in [-0.4, -0.2) is 23.5 Å². The highest BCUT2D eigenvalue weighted by Gasteiger charge is 2.13. The van der Waals surface area contributed by atoms with Crippen molar-refractivity contribution in [3.8, 4) is 0 Å². The zero-order valence-corrected chi connectivity index (χ0v) is 13.3. The second kappa shape index (κ2) is 8.08. The standard InChI is InChI=1S/C18H20N2O3/c1-3-13-6-5-7-14(4-2)17(13)20-16(21)12-23-18(22)15-8-10-19-11-9-15/h5-11H,3-4,12H2,1-2H3,(H,20,21). The molecule has 120 valence electrons. The molecule has 0 fully saturated rings. The molecule has 1 heterocycles. The van der Waals surface area contributed by atoms with Crippen molar-refractivity contribution in [3.05, 3.63) is 59.4 Å². The van der Waals surface area contributed by atoms with Gasteiger partial charge in [-0.1, -0.05) is 32.0 Å². The SMILES string of the molecule is CCc1cccc(CC)c1NC(=O)COC(=O)c1ccncc1. The molecular formula is C18H20N2O3. The van der Waals surface area contributed by atoms with E-state index in [1.807, 2.05) is 32.0 Å². The number of anilines is 1. The number of esters is 1. The Balaban J connectivity index is 1.99.